The molecular formula is C42H59N7O13S. The van der Waals surface area contributed by atoms with Crippen molar-refractivity contribution >= 4 is 71.0 Å². The number of amides is 7. The molecule has 5 atom stereocenters. The van der Waals surface area contributed by atoms with Gasteiger partial charge in [-0.15, -0.1) is 0 Å². The monoisotopic (exact) mass is 901 g/mol. The van der Waals surface area contributed by atoms with E-state index in [0.717, 1.165) is 11.8 Å². The van der Waals surface area contributed by atoms with E-state index in [1.54, 1.807) is 60.7 Å². The van der Waals surface area contributed by atoms with Gasteiger partial charge in [-0.3, -0.25) is 47.9 Å². The van der Waals surface area contributed by atoms with Crippen LogP contribution in [0.2, 0.25) is 0 Å². The molecule has 0 fully saturated rings. The highest BCUT2D eigenvalue weighted by Gasteiger charge is 2.35. The van der Waals surface area contributed by atoms with Crippen molar-refractivity contribution < 1.29 is 63.3 Å². The molecule has 7 amide bonds. The first-order chi connectivity index (χ1) is 29.6. The van der Waals surface area contributed by atoms with Crippen LogP contribution in [0.25, 0.3) is 0 Å². The number of carboxylic acid groups (broad SMARTS) is 3. The molecule has 0 aliphatic rings. The van der Waals surface area contributed by atoms with Gasteiger partial charge in [-0.1, -0.05) is 74.5 Å². The number of hydrogen-bond acceptors (Lipinski definition) is 11. The zero-order chi connectivity index (χ0) is 47.6. The molecule has 20 nitrogen and oxygen atoms in total. The summed E-state index contributed by atoms with van der Waals surface area (Å²) in [5.74, 6) is -8.57. The van der Waals surface area contributed by atoms with E-state index in [-0.39, 0.29) is 25.2 Å². The maximum absolute atomic E-state index is 14.3. The summed E-state index contributed by atoms with van der Waals surface area (Å²) in [5, 5.41) is 38.3. The minimum atomic E-state index is -1.68. The smallest absolute Gasteiger partial charge is 0.305 e. The molecule has 2 rings (SSSR count). The molecule has 0 spiro atoms. The van der Waals surface area contributed by atoms with E-state index in [2.05, 4.69) is 26.6 Å². The second-order valence-electron chi connectivity index (χ2n) is 14.7. The van der Waals surface area contributed by atoms with Gasteiger partial charge >= 0.3 is 11.9 Å². The lowest BCUT2D eigenvalue weighted by atomic mass is 10.0. The Kier molecular flexibility index (Phi) is 25.0. The van der Waals surface area contributed by atoms with Crippen molar-refractivity contribution in [1.82, 2.24) is 31.5 Å². The number of aliphatic carboxylic acids is 3. The first-order valence-electron chi connectivity index (χ1n) is 19.9. The topological polar surface area (TPSA) is 321 Å². The number of carbonyl (C=O) groups is 10. The quantitative estimate of drug-likeness (QED) is 0.0604. The van der Waals surface area contributed by atoms with Crippen molar-refractivity contribution in [2.24, 2.45) is 11.7 Å². The summed E-state index contributed by atoms with van der Waals surface area (Å²) < 4.78 is 0. The van der Waals surface area contributed by atoms with Crippen LogP contribution in [-0.4, -0.2) is 135 Å². The molecule has 0 unspecified atom stereocenters. The largest absolute Gasteiger partial charge is 0.481 e. The van der Waals surface area contributed by atoms with Gasteiger partial charge in [-0.05, 0) is 41.9 Å². The summed E-state index contributed by atoms with van der Waals surface area (Å²) in [6, 6.07) is 10.8. The lowest BCUT2D eigenvalue weighted by Gasteiger charge is -2.32. The zero-order valence-electron chi connectivity index (χ0n) is 36.0. The summed E-state index contributed by atoms with van der Waals surface area (Å²) in [6.07, 6.45) is 0.224. The fraction of sp³-hybridized carbons (Fsp3) is 0.476. The van der Waals surface area contributed by atoms with Crippen molar-refractivity contribution in [3.8, 4) is 0 Å². The Labute approximate surface area is 369 Å². The van der Waals surface area contributed by atoms with Crippen molar-refractivity contribution in [3.63, 3.8) is 0 Å². The predicted octanol–water partition coefficient (Wildman–Crippen LogP) is 0.0691. The number of nitrogens with zero attached hydrogens (tertiary/aromatic N) is 1. The molecule has 0 bridgehead atoms. The molecule has 63 heavy (non-hydrogen) atoms. The van der Waals surface area contributed by atoms with Crippen molar-refractivity contribution in [2.75, 3.05) is 25.6 Å². The molecule has 2 aromatic carbocycles. The summed E-state index contributed by atoms with van der Waals surface area (Å²) in [7, 11) is 1.33. The zero-order valence-corrected chi connectivity index (χ0v) is 36.8. The van der Waals surface area contributed by atoms with Crippen LogP contribution < -0.4 is 32.3 Å². The Bertz CT molecular complexity index is 1860. The Morgan fingerprint density at radius 3 is 1.67 bits per heavy atom. The number of carbonyl (C=O) groups excluding carboxylic acids is 7. The van der Waals surface area contributed by atoms with Crippen LogP contribution in [0.1, 0.15) is 64.0 Å². The standard InChI is InChI=1S/C40H55N7O11S.C2H4O2/c1-24(2)19-28(37(55)45-27(36(41)54)17-18-59-4)44-33(49)23-42-39(57)31(21-26-13-9-6-10-14-26)47(3)40(58)30(20-25-11-7-5-8-12-25)46-38(56)29(22-35(52)53)43-32(48)15-16-34(50)51;1-2(3)4/h5-14,24,27-31H,15-23H2,1-4H3,(H2,41,54)(H,42,57)(H,43,48)(H,44,49)(H,45,55)(H,46,56)(H,50,51)(H,52,53);1H3,(H,3,4)/t27-,28-,29-,30-,31-;/m0./s1. The fourth-order valence-corrected chi connectivity index (χ4v) is 6.33. The molecule has 0 heterocycles. The maximum atomic E-state index is 14.3. The number of likely N-dealkylation sites (N-methyl/N-ethyl adjacent to an activating group) is 1. The number of rotatable bonds is 26. The van der Waals surface area contributed by atoms with Crippen LogP contribution in [0, 0.1) is 5.92 Å². The fourth-order valence-electron chi connectivity index (χ4n) is 5.86. The number of thioether (sulfide) groups is 1. The molecule has 346 valence electrons. The van der Waals surface area contributed by atoms with E-state index in [9.17, 15) is 48.3 Å². The van der Waals surface area contributed by atoms with Crippen LogP contribution in [-0.2, 0) is 60.8 Å². The highest BCUT2D eigenvalue weighted by atomic mass is 32.2. The highest BCUT2D eigenvalue weighted by molar-refractivity contribution is 7.98. The van der Waals surface area contributed by atoms with Gasteiger partial charge < -0.3 is 52.5 Å². The number of benzene rings is 2. The Hall–Kier alpha value is -6.51. The number of primary amides is 1. The number of nitrogens with one attached hydrogen (secondary N) is 5. The summed E-state index contributed by atoms with van der Waals surface area (Å²) in [4.78, 5) is 125. The molecule has 0 saturated heterocycles. The highest BCUT2D eigenvalue weighted by Crippen LogP contribution is 2.14. The minimum Gasteiger partial charge on any atom is -0.481 e. The normalized spacial score (nSPS) is 12.9. The van der Waals surface area contributed by atoms with E-state index in [0.29, 0.717) is 23.3 Å². The van der Waals surface area contributed by atoms with Crippen molar-refractivity contribution in [3.05, 3.63) is 71.8 Å². The molecule has 0 saturated carbocycles. The van der Waals surface area contributed by atoms with Crippen LogP contribution in [0.4, 0.5) is 0 Å². The molecule has 0 radical (unpaired) electrons. The van der Waals surface area contributed by atoms with Crippen LogP contribution in [0.5, 0.6) is 0 Å². The second kappa shape index (κ2) is 28.9. The van der Waals surface area contributed by atoms with Gasteiger partial charge in [-0.2, -0.15) is 11.8 Å². The molecule has 21 heteroatoms. The second-order valence-corrected chi connectivity index (χ2v) is 15.7. The summed E-state index contributed by atoms with van der Waals surface area (Å²) >= 11 is 1.47. The van der Waals surface area contributed by atoms with Crippen molar-refractivity contribution in [1.29, 1.82) is 0 Å². The number of hydrogen-bond donors (Lipinski definition) is 9. The van der Waals surface area contributed by atoms with Gasteiger partial charge in [0.2, 0.25) is 41.4 Å². The third-order valence-corrected chi connectivity index (χ3v) is 9.58. The third kappa shape index (κ3) is 22.8. The maximum Gasteiger partial charge on any atom is 0.305 e. The molecule has 0 aliphatic heterocycles. The first kappa shape index (κ1) is 54.5. The Balaban J connectivity index is 0.00000474. The SMILES string of the molecule is CC(=O)O.CSCC[C@H](NC(=O)[C@H](CC(C)C)NC(=O)CNC(=O)[C@H](Cc1ccccc1)N(C)C(=O)[C@H](Cc1ccccc1)NC(=O)[C@H](CC(=O)O)NC(=O)CCC(=O)O)C(N)=O. The van der Waals surface area contributed by atoms with E-state index < -0.39 is 115 Å². The lowest BCUT2D eigenvalue weighted by Crippen LogP contribution is -2.59. The average molecular weight is 902 g/mol. The Morgan fingerprint density at radius 2 is 1.17 bits per heavy atom. The van der Waals surface area contributed by atoms with E-state index >= 15 is 0 Å². The summed E-state index contributed by atoms with van der Waals surface area (Å²) in [6.45, 7) is 4.17. The van der Waals surface area contributed by atoms with Gasteiger partial charge in [0.05, 0.1) is 19.4 Å². The van der Waals surface area contributed by atoms with Gasteiger partial charge in [0.25, 0.3) is 5.97 Å². The Morgan fingerprint density at radius 1 is 0.667 bits per heavy atom. The van der Waals surface area contributed by atoms with Gasteiger partial charge in [0.15, 0.2) is 0 Å². The predicted molar refractivity (Wildman–Crippen MR) is 232 cm³/mol. The van der Waals surface area contributed by atoms with Crippen LogP contribution >= 0.6 is 11.8 Å². The van der Waals surface area contributed by atoms with E-state index in [1.807, 2.05) is 20.1 Å². The molecule has 2 aromatic rings. The molecule has 0 aliphatic carbocycles. The van der Waals surface area contributed by atoms with E-state index in [1.165, 1.54) is 18.8 Å². The average Bonchev–Trinajstić information content (AvgIpc) is 3.21. The van der Waals surface area contributed by atoms with Gasteiger partial charge in [-0.25, -0.2) is 0 Å². The van der Waals surface area contributed by atoms with E-state index in [4.69, 9.17) is 20.7 Å². The van der Waals surface area contributed by atoms with Gasteiger partial charge in [0.1, 0.15) is 30.2 Å². The lowest BCUT2D eigenvalue weighted by molar-refractivity contribution is -0.144. The minimum absolute atomic E-state index is 0.0350. The van der Waals surface area contributed by atoms with Crippen LogP contribution in [0.3, 0.4) is 0 Å². The van der Waals surface area contributed by atoms with Gasteiger partial charge in [0, 0.05) is 33.2 Å². The molecule has 10 N–H and O–H groups in total. The third-order valence-electron chi connectivity index (χ3n) is 8.94. The molecule has 0 aromatic heterocycles. The van der Waals surface area contributed by atoms with Crippen LogP contribution in [0.15, 0.2) is 60.7 Å². The number of carboxylic acids is 3. The molecular weight excluding hydrogens is 843 g/mol. The first-order valence-corrected chi connectivity index (χ1v) is 21.3. The number of nitrogens with two attached hydrogens (primary N) is 1. The van der Waals surface area contributed by atoms with Crippen molar-refractivity contribution in [2.45, 2.75) is 95.9 Å². The summed E-state index contributed by atoms with van der Waals surface area (Å²) in [5.41, 5.74) is 6.72.